The lowest BCUT2D eigenvalue weighted by molar-refractivity contribution is -0.384. The van der Waals surface area contributed by atoms with Crippen LogP contribution in [0.25, 0.3) is 0 Å². The zero-order valence-corrected chi connectivity index (χ0v) is 14.2. The highest BCUT2D eigenvalue weighted by Gasteiger charge is 2.09. The van der Waals surface area contributed by atoms with Crippen molar-refractivity contribution in [1.82, 2.24) is 0 Å². The van der Waals surface area contributed by atoms with Crippen molar-refractivity contribution in [2.75, 3.05) is 5.43 Å². The number of carbonyl (C=O) groups excluding carboxylic acids is 1. The van der Waals surface area contributed by atoms with Crippen molar-refractivity contribution in [3.8, 4) is 5.75 Å². The number of nitrogens with zero attached hydrogens (tertiary/aromatic N) is 2. The molecule has 3 rings (SSSR count). The minimum Gasteiger partial charge on any atom is -0.422 e. The fourth-order valence-electron chi connectivity index (χ4n) is 2.01. The molecule has 26 heavy (non-hydrogen) atoms. The molecule has 0 atom stereocenters. The molecule has 0 aliphatic heterocycles. The summed E-state index contributed by atoms with van der Waals surface area (Å²) in [5.41, 5.74) is 4.24. The SMILES string of the molecule is O=C(Oc1ccc(/C=N/Nc2ccc([N+](=O)[O-])cc2)cc1)c1cccs1. The van der Waals surface area contributed by atoms with Gasteiger partial charge < -0.3 is 4.74 Å². The highest BCUT2D eigenvalue weighted by molar-refractivity contribution is 7.12. The Morgan fingerprint density at radius 3 is 2.46 bits per heavy atom. The molecule has 0 fully saturated rings. The molecular weight excluding hydrogens is 354 g/mol. The molecule has 7 nitrogen and oxygen atoms in total. The number of rotatable bonds is 6. The first-order chi connectivity index (χ1) is 12.6. The average molecular weight is 367 g/mol. The molecule has 0 radical (unpaired) electrons. The van der Waals surface area contributed by atoms with Crippen LogP contribution in [-0.4, -0.2) is 17.1 Å². The van der Waals surface area contributed by atoms with Gasteiger partial charge in [-0.15, -0.1) is 11.3 Å². The number of anilines is 1. The minimum atomic E-state index is -0.458. The largest absolute Gasteiger partial charge is 0.422 e. The van der Waals surface area contributed by atoms with Crippen LogP contribution in [0, 0.1) is 10.1 Å². The van der Waals surface area contributed by atoms with Crippen LogP contribution in [0.4, 0.5) is 11.4 Å². The van der Waals surface area contributed by atoms with E-state index in [9.17, 15) is 14.9 Å². The summed E-state index contributed by atoms with van der Waals surface area (Å²) in [6.45, 7) is 0. The van der Waals surface area contributed by atoms with Crippen LogP contribution >= 0.6 is 11.3 Å². The minimum absolute atomic E-state index is 0.0206. The summed E-state index contributed by atoms with van der Waals surface area (Å²) in [4.78, 5) is 22.5. The molecule has 1 N–H and O–H groups in total. The number of thiophene rings is 1. The third kappa shape index (κ3) is 4.52. The van der Waals surface area contributed by atoms with Gasteiger partial charge in [0.2, 0.25) is 0 Å². The number of benzene rings is 2. The standard InChI is InChI=1S/C18H13N3O4S/c22-18(17-2-1-11-26-17)25-16-9-3-13(4-10-16)12-19-20-14-5-7-15(8-6-14)21(23)24/h1-12,20H/b19-12+. The molecular formula is C18H13N3O4S. The number of ether oxygens (including phenoxy) is 1. The number of carbonyl (C=O) groups is 1. The van der Waals surface area contributed by atoms with Crippen LogP contribution in [0.15, 0.2) is 71.1 Å². The molecule has 1 aromatic heterocycles. The Hall–Kier alpha value is -3.52. The Bertz CT molecular complexity index is 920. The van der Waals surface area contributed by atoms with Crippen molar-refractivity contribution >= 4 is 34.9 Å². The predicted octanol–water partition coefficient (Wildman–Crippen LogP) is 4.32. The Morgan fingerprint density at radius 1 is 1.12 bits per heavy atom. The summed E-state index contributed by atoms with van der Waals surface area (Å²) < 4.78 is 5.27. The average Bonchev–Trinajstić information content (AvgIpc) is 3.18. The van der Waals surface area contributed by atoms with Gasteiger partial charge in [-0.3, -0.25) is 15.5 Å². The van der Waals surface area contributed by atoms with Crippen LogP contribution in [0.1, 0.15) is 15.2 Å². The van der Waals surface area contributed by atoms with E-state index in [1.54, 1.807) is 54.7 Å². The zero-order valence-electron chi connectivity index (χ0n) is 13.4. The summed E-state index contributed by atoms with van der Waals surface area (Å²) in [6.07, 6.45) is 1.59. The normalized spacial score (nSPS) is 10.6. The molecule has 2 aromatic carbocycles. The molecule has 130 valence electrons. The Morgan fingerprint density at radius 2 is 1.85 bits per heavy atom. The van der Waals surface area contributed by atoms with Gasteiger partial charge in [-0.25, -0.2) is 4.79 Å². The van der Waals surface area contributed by atoms with Crippen molar-refractivity contribution < 1.29 is 14.5 Å². The van der Waals surface area contributed by atoms with Crippen LogP contribution in [0.2, 0.25) is 0 Å². The number of nitro groups is 1. The van der Waals surface area contributed by atoms with Crippen molar-refractivity contribution in [1.29, 1.82) is 0 Å². The van der Waals surface area contributed by atoms with E-state index in [0.29, 0.717) is 16.3 Å². The van der Waals surface area contributed by atoms with E-state index >= 15 is 0 Å². The fraction of sp³-hybridized carbons (Fsp3) is 0. The number of hydrogen-bond donors (Lipinski definition) is 1. The highest BCUT2D eigenvalue weighted by atomic mass is 32.1. The molecule has 0 saturated carbocycles. The van der Waals surface area contributed by atoms with Gasteiger partial charge in [-0.2, -0.15) is 5.10 Å². The monoisotopic (exact) mass is 367 g/mol. The topological polar surface area (TPSA) is 93.8 Å². The number of esters is 1. The lowest BCUT2D eigenvalue weighted by Crippen LogP contribution is -2.06. The lowest BCUT2D eigenvalue weighted by atomic mass is 10.2. The summed E-state index contributed by atoms with van der Waals surface area (Å²) in [5.74, 6) is 0.0603. The van der Waals surface area contributed by atoms with E-state index < -0.39 is 4.92 Å². The van der Waals surface area contributed by atoms with Gasteiger partial charge in [0.15, 0.2) is 0 Å². The molecule has 1 heterocycles. The Kier molecular flexibility index (Phi) is 5.35. The summed E-state index contributed by atoms with van der Waals surface area (Å²) in [7, 11) is 0. The van der Waals surface area contributed by atoms with Crippen molar-refractivity contribution in [3.05, 3.63) is 86.6 Å². The number of nitrogens with one attached hydrogen (secondary N) is 1. The second-order valence-corrected chi connectivity index (χ2v) is 6.06. The number of non-ortho nitro benzene ring substituents is 1. The van der Waals surface area contributed by atoms with Gasteiger partial charge in [0.05, 0.1) is 16.8 Å². The van der Waals surface area contributed by atoms with E-state index in [1.165, 1.54) is 23.5 Å². The Labute approximate surface area is 152 Å². The maximum atomic E-state index is 11.9. The van der Waals surface area contributed by atoms with E-state index in [-0.39, 0.29) is 11.7 Å². The lowest BCUT2D eigenvalue weighted by Gasteiger charge is -2.03. The molecule has 8 heteroatoms. The predicted molar refractivity (Wildman–Crippen MR) is 100 cm³/mol. The molecule has 0 saturated heterocycles. The first-order valence-corrected chi connectivity index (χ1v) is 8.39. The first-order valence-electron chi connectivity index (χ1n) is 7.51. The van der Waals surface area contributed by atoms with Crippen LogP contribution in [-0.2, 0) is 0 Å². The van der Waals surface area contributed by atoms with Gasteiger partial charge >= 0.3 is 5.97 Å². The third-order valence-corrected chi connectivity index (χ3v) is 4.15. The summed E-state index contributed by atoms with van der Waals surface area (Å²) in [6, 6.07) is 16.3. The maximum absolute atomic E-state index is 11.9. The second-order valence-electron chi connectivity index (χ2n) is 5.11. The number of hydrazone groups is 1. The van der Waals surface area contributed by atoms with Crippen molar-refractivity contribution in [2.45, 2.75) is 0 Å². The van der Waals surface area contributed by atoms with Crippen LogP contribution < -0.4 is 10.2 Å². The first kappa shape index (κ1) is 17.3. The Balaban J connectivity index is 1.56. The van der Waals surface area contributed by atoms with E-state index in [0.717, 1.165) is 5.56 Å². The third-order valence-electron chi connectivity index (χ3n) is 3.30. The van der Waals surface area contributed by atoms with E-state index in [2.05, 4.69) is 10.5 Å². The smallest absolute Gasteiger partial charge is 0.353 e. The van der Waals surface area contributed by atoms with Gasteiger partial charge in [0, 0.05) is 12.1 Å². The quantitative estimate of drug-likeness (QED) is 0.230. The molecule has 3 aromatic rings. The van der Waals surface area contributed by atoms with Crippen molar-refractivity contribution in [2.24, 2.45) is 5.10 Å². The number of hydrogen-bond acceptors (Lipinski definition) is 7. The molecule has 0 bridgehead atoms. The van der Waals surface area contributed by atoms with Gasteiger partial charge in [0.25, 0.3) is 5.69 Å². The van der Waals surface area contributed by atoms with Crippen LogP contribution in [0.3, 0.4) is 0 Å². The molecule has 0 aliphatic carbocycles. The van der Waals surface area contributed by atoms with Gasteiger partial charge in [0.1, 0.15) is 10.6 Å². The highest BCUT2D eigenvalue weighted by Crippen LogP contribution is 2.17. The van der Waals surface area contributed by atoms with Crippen LogP contribution in [0.5, 0.6) is 5.75 Å². The fourth-order valence-corrected chi connectivity index (χ4v) is 2.61. The van der Waals surface area contributed by atoms with E-state index in [4.69, 9.17) is 4.74 Å². The van der Waals surface area contributed by atoms with Crippen molar-refractivity contribution in [3.63, 3.8) is 0 Å². The van der Waals surface area contributed by atoms with Gasteiger partial charge in [-0.1, -0.05) is 6.07 Å². The molecule has 0 spiro atoms. The maximum Gasteiger partial charge on any atom is 0.353 e. The molecule has 0 aliphatic rings. The second kappa shape index (κ2) is 8.04. The van der Waals surface area contributed by atoms with Gasteiger partial charge in [-0.05, 0) is 53.4 Å². The number of nitro benzene ring substituents is 1. The molecule has 0 unspecified atom stereocenters. The molecule has 0 amide bonds. The summed E-state index contributed by atoms with van der Waals surface area (Å²) >= 11 is 1.32. The summed E-state index contributed by atoms with van der Waals surface area (Å²) in [5, 5.41) is 16.5. The zero-order chi connectivity index (χ0) is 18.4. The van der Waals surface area contributed by atoms with E-state index in [1.807, 2.05) is 5.38 Å².